The maximum absolute atomic E-state index is 13.6. The second-order valence-electron chi connectivity index (χ2n) is 6.08. The van der Waals surface area contributed by atoms with E-state index in [9.17, 15) is 23.1 Å². The molecule has 0 aliphatic heterocycles. The molecule has 3 rings (SSSR count). The number of benzene rings is 2. The average Bonchev–Trinajstić information content (AvgIpc) is 3.11. The van der Waals surface area contributed by atoms with Crippen LogP contribution < -0.4 is 5.32 Å². The zero-order chi connectivity index (χ0) is 20.2. The summed E-state index contributed by atoms with van der Waals surface area (Å²) in [5.74, 6) is 0. The average molecular weight is 410 g/mol. The van der Waals surface area contributed by atoms with E-state index in [2.05, 4.69) is 10.3 Å². The van der Waals surface area contributed by atoms with Gasteiger partial charge in [0, 0.05) is 13.0 Å². The SMILES string of the molecule is O=C(NCCC(O)(c1nc2ccccc2s1)C(F)(F)F)OCc1ccccc1. The summed E-state index contributed by atoms with van der Waals surface area (Å²) in [6.45, 7) is -0.437. The molecule has 0 saturated carbocycles. The second kappa shape index (κ2) is 8.15. The number of halogens is 3. The van der Waals surface area contributed by atoms with Crippen LogP contribution >= 0.6 is 11.3 Å². The highest BCUT2D eigenvalue weighted by molar-refractivity contribution is 7.18. The van der Waals surface area contributed by atoms with Gasteiger partial charge in [0.25, 0.3) is 0 Å². The Morgan fingerprint density at radius 2 is 1.79 bits per heavy atom. The molecule has 5 nitrogen and oxygen atoms in total. The number of para-hydroxylation sites is 1. The summed E-state index contributed by atoms with van der Waals surface area (Å²) < 4.78 is 46.2. The minimum absolute atomic E-state index is 0.00587. The number of carbonyl (C=O) groups is 1. The van der Waals surface area contributed by atoms with Gasteiger partial charge in [-0.2, -0.15) is 13.2 Å². The maximum atomic E-state index is 13.6. The van der Waals surface area contributed by atoms with Gasteiger partial charge in [0.2, 0.25) is 5.60 Å². The summed E-state index contributed by atoms with van der Waals surface area (Å²) in [5.41, 5.74) is -2.04. The van der Waals surface area contributed by atoms with Crippen molar-refractivity contribution in [1.29, 1.82) is 0 Å². The van der Waals surface area contributed by atoms with Gasteiger partial charge >= 0.3 is 12.3 Å². The van der Waals surface area contributed by atoms with E-state index in [0.29, 0.717) is 10.2 Å². The van der Waals surface area contributed by atoms with Crippen molar-refractivity contribution >= 4 is 27.6 Å². The lowest BCUT2D eigenvalue weighted by atomic mass is 10.00. The number of nitrogens with zero attached hydrogens (tertiary/aromatic N) is 1. The number of aliphatic hydroxyl groups is 1. The van der Waals surface area contributed by atoms with Crippen LogP contribution in [-0.4, -0.2) is 28.9 Å². The van der Waals surface area contributed by atoms with Gasteiger partial charge in [0.15, 0.2) is 0 Å². The van der Waals surface area contributed by atoms with Crippen LogP contribution in [0, 0.1) is 0 Å². The Labute approximate surface area is 162 Å². The van der Waals surface area contributed by atoms with Crippen LogP contribution in [0.25, 0.3) is 10.2 Å². The summed E-state index contributed by atoms with van der Waals surface area (Å²) in [6, 6.07) is 15.4. The largest absolute Gasteiger partial charge is 0.445 e. The molecular weight excluding hydrogens is 393 g/mol. The van der Waals surface area contributed by atoms with E-state index in [1.165, 1.54) is 0 Å². The Balaban J connectivity index is 1.63. The van der Waals surface area contributed by atoms with Crippen LogP contribution in [0.4, 0.5) is 18.0 Å². The highest BCUT2D eigenvalue weighted by atomic mass is 32.1. The Hall–Kier alpha value is -2.65. The van der Waals surface area contributed by atoms with E-state index in [0.717, 1.165) is 16.9 Å². The molecule has 0 spiro atoms. The summed E-state index contributed by atoms with van der Waals surface area (Å²) in [5, 5.41) is 12.2. The number of thiazole rings is 1. The Morgan fingerprint density at radius 3 is 2.46 bits per heavy atom. The van der Waals surface area contributed by atoms with Gasteiger partial charge in [-0.1, -0.05) is 42.5 Å². The van der Waals surface area contributed by atoms with Crippen molar-refractivity contribution in [2.45, 2.75) is 24.8 Å². The molecule has 148 valence electrons. The van der Waals surface area contributed by atoms with Crippen LogP contribution in [0.15, 0.2) is 54.6 Å². The lowest BCUT2D eigenvalue weighted by molar-refractivity contribution is -0.268. The van der Waals surface area contributed by atoms with Crippen molar-refractivity contribution < 1.29 is 27.8 Å². The molecule has 2 N–H and O–H groups in total. The number of fused-ring (bicyclic) bond motifs is 1. The molecule has 0 fully saturated rings. The fourth-order valence-corrected chi connectivity index (χ4v) is 3.64. The third-order valence-electron chi connectivity index (χ3n) is 4.09. The van der Waals surface area contributed by atoms with Gasteiger partial charge in [0.1, 0.15) is 11.6 Å². The third kappa shape index (κ3) is 4.42. The molecule has 1 heterocycles. The predicted molar refractivity (Wildman–Crippen MR) is 98.8 cm³/mol. The third-order valence-corrected chi connectivity index (χ3v) is 5.27. The Bertz CT molecular complexity index is 913. The van der Waals surface area contributed by atoms with Gasteiger partial charge in [-0.05, 0) is 17.7 Å². The monoisotopic (exact) mass is 410 g/mol. The number of alkyl halides is 3. The highest BCUT2D eigenvalue weighted by Crippen LogP contribution is 2.44. The molecule has 0 aliphatic rings. The van der Waals surface area contributed by atoms with Crippen molar-refractivity contribution in [3.05, 3.63) is 65.2 Å². The van der Waals surface area contributed by atoms with Crippen LogP contribution in [0.3, 0.4) is 0 Å². The van der Waals surface area contributed by atoms with Crippen molar-refractivity contribution in [3.8, 4) is 0 Å². The molecule has 0 bridgehead atoms. The smallest absolute Gasteiger partial charge is 0.423 e. The summed E-state index contributed by atoms with van der Waals surface area (Å²) in [7, 11) is 0. The minimum atomic E-state index is -4.95. The number of ether oxygens (including phenoxy) is 1. The zero-order valence-electron chi connectivity index (χ0n) is 14.6. The van der Waals surface area contributed by atoms with E-state index in [1.54, 1.807) is 48.5 Å². The maximum Gasteiger partial charge on any atom is 0.423 e. The number of aromatic nitrogens is 1. The molecule has 9 heteroatoms. The molecule has 1 atom stereocenters. The Kier molecular flexibility index (Phi) is 5.85. The quantitative estimate of drug-likeness (QED) is 0.633. The standard InChI is InChI=1S/C19H17F3N2O3S/c20-19(21,22)18(26,16-24-14-8-4-5-9-15(14)28-16)10-11-23-17(25)27-12-13-6-2-1-3-7-13/h1-9,26H,10-12H2,(H,23,25). The first-order valence-corrected chi connectivity index (χ1v) is 9.21. The summed E-state index contributed by atoms with van der Waals surface area (Å²) in [6.07, 6.45) is -6.59. The first kappa shape index (κ1) is 20.1. The zero-order valence-corrected chi connectivity index (χ0v) is 15.4. The summed E-state index contributed by atoms with van der Waals surface area (Å²) in [4.78, 5) is 15.6. The summed E-state index contributed by atoms with van der Waals surface area (Å²) >= 11 is 0.772. The lowest BCUT2D eigenvalue weighted by Crippen LogP contribution is -2.45. The van der Waals surface area contributed by atoms with Gasteiger partial charge in [-0.25, -0.2) is 9.78 Å². The van der Waals surface area contributed by atoms with E-state index < -0.39 is 35.8 Å². The van der Waals surface area contributed by atoms with E-state index >= 15 is 0 Å². The van der Waals surface area contributed by atoms with Crippen LogP contribution in [0.2, 0.25) is 0 Å². The number of carbonyl (C=O) groups excluding carboxylic acids is 1. The molecule has 0 aliphatic carbocycles. The molecule has 3 aromatic rings. The Morgan fingerprint density at radius 1 is 1.11 bits per heavy atom. The fourth-order valence-electron chi connectivity index (χ4n) is 2.54. The predicted octanol–water partition coefficient (Wildman–Crippen LogP) is 4.36. The molecule has 1 unspecified atom stereocenters. The van der Waals surface area contributed by atoms with Gasteiger partial charge < -0.3 is 15.2 Å². The van der Waals surface area contributed by atoms with E-state index in [4.69, 9.17) is 4.74 Å². The highest BCUT2D eigenvalue weighted by Gasteiger charge is 2.56. The van der Waals surface area contributed by atoms with E-state index in [-0.39, 0.29) is 6.61 Å². The van der Waals surface area contributed by atoms with Crippen molar-refractivity contribution in [2.24, 2.45) is 0 Å². The number of hydrogen-bond donors (Lipinski definition) is 2. The number of hydrogen-bond acceptors (Lipinski definition) is 5. The molecule has 28 heavy (non-hydrogen) atoms. The number of alkyl carbamates (subject to hydrolysis) is 1. The number of amides is 1. The topological polar surface area (TPSA) is 71.5 Å². The van der Waals surface area contributed by atoms with Crippen LogP contribution in [0.5, 0.6) is 0 Å². The van der Waals surface area contributed by atoms with Crippen molar-refractivity contribution in [1.82, 2.24) is 10.3 Å². The first-order valence-electron chi connectivity index (χ1n) is 8.39. The molecule has 0 radical (unpaired) electrons. The molecule has 2 aromatic carbocycles. The molecule has 1 aromatic heterocycles. The number of rotatable bonds is 6. The molecule has 0 saturated heterocycles. The van der Waals surface area contributed by atoms with Gasteiger partial charge in [0.05, 0.1) is 10.2 Å². The second-order valence-corrected chi connectivity index (χ2v) is 7.11. The normalized spacial score (nSPS) is 13.9. The minimum Gasteiger partial charge on any atom is -0.445 e. The number of nitrogens with one attached hydrogen (secondary N) is 1. The van der Waals surface area contributed by atoms with Crippen molar-refractivity contribution in [2.75, 3.05) is 6.54 Å². The first-order chi connectivity index (χ1) is 13.3. The van der Waals surface area contributed by atoms with Gasteiger partial charge in [-0.15, -0.1) is 11.3 Å². The van der Waals surface area contributed by atoms with E-state index in [1.807, 2.05) is 6.07 Å². The fraction of sp³-hybridized carbons (Fsp3) is 0.263. The van der Waals surface area contributed by atoms with Gasteiger partial charge in [-0.3, -0.25) is 0 Å². The molecule has 1 amide bonds. The van der Waals surface area contributed by atoms with Crippen molar-refractivity contribution in [3.63, 3.8) is 0 Å². The molecular formula is C19H17F3N2O3S. The van der Waals surface area contributed by atoms with Crippen LogP contribution in [-0.2, 0) is 16.9 Å². The lowest BCUT2D eigenvalue weighted by Gasteiger charge is -2.28. The van der Waals surface area contributed by atoms with Crippen LogP contribution in [0.1, 0.15) is 17.0 Å².